The highest BCUT2D eigenvalue weighted by molar-refractivity contribution is 5.77. The maximum absolute atomic E-state index is 12.0. The summed E-state index contributed by atoms with van der Waals surface area (Å²) in [5.74, 6) is 0.281. The minimum atomic E-state index is -0.164. The van der Waals surface area contributed by atoms with E-state index in [1.165, 1.54) is 19.3 Å². The number of benzene rings is 1. The fourth-order valence-electron chi connectivity index (χ4n) is 2.81. The van der Waals surface area contributed by atoms with Gasteiger partial charge in [-0.25, -0.2) is 0 Å². The summed E-state index contributed by atoms with van der Waals surface area (Å²) < 4.78 is 5.45. The first-order valence-electron chi connectivity index (χ1n) is 8.16. The van der Waals surface area contributed by atoms with E-state index in [4.69, 9.17) is 10.00 Å². The van der Waals surface area contributed by atoms with Crippen molar-refractivity contribution in [3.05, 3.63) is 29.8 Å². The quantitative estimate of drug-likeness (QED) is 0.875. The lowest BCUT2D eigenvalue weighted by Crippen LogP contribution is -2.53. The molecular formula is C18H25N3O2. The van der Waals surface area contributed by atoms with Crippen LogP contribution in [-0.2, 0) is 4.79 Å². The van der Waals surface area contributed by atoms with Crippen LogP contribution in [0.1, 0.15) is 38.7 Å². The maximum Gasteiger partial charge on any atom is 0.258 e. The molecule has 124 valence electrons. The van der Waals surface area contributed by atoms with Gasteiger partial charge in [0.05, 0.1) is 5.56 Å². The standard InChI is InChI=1S/C18H25N3O2/c1-18(2,21-10-6-3-7-11-21)14-20-17(22)13-23-16-9-5-4-8-15(16)12-19/h4-5,8-9H,3,6-7,10-11,13-14H2,1-2H3,(H,20,22). The molecule has 23 heavy (non-hydrogen) atoms. The van der Waals surface area contributed by atoms with Crippen LogP contribution < -0.4 is 10.1 Å². The van der Waals surface area contributed by atoms with E-state index in [9.17, 15) is 4.79 Å². The number of carbonyl (C=O) groups is 1. The van der Waals surface area contributed by atoms with Crippen LogP contribution in [0.25, 0.3) is 0 Å². The van der Waals surface area contributed by atoms with Crippen molar-refractivity contribution in [1.82, 2.24) is 10.2 Å². The summed E-state index contributed by atoms with van der Waals surface area (Å²) in [7, 11) is 0. The fourth-order valence-corrected chi connectivity index (χ4v) is 2.81. The van der Waals surface area contributed by atoms with Gasteiger partial charge in [0.1, 0.15) is 11.8 Å². The van der Waals surface area contributed by atoms with Gasteiger partial charge in [0, 0.05) is 12.1 Å². The Balaban J connectivity index is 1.79. The maximum atomic E-state index is 12.0. The molecular weight excluding hydrogens is 290 g/mol. The summed E-state index contributed by atoms with van der Waals surface area (Å²) >= 11 is 0. The number of ether oxygens (including phenoxy) is 1. The third kappa shape index (κ3) is 4.97. The van der Waals surface area contributed by atoms with E-state index in [1.54, 1.807) is 24.3 Å². The van der Waals surface area contributed by atoms with E-state index >= 15 is 0 Å². The number of hydrogen-bond donors (Lipinski definition) is 1. The first-order chi connectivity index (χ1) is 11.0. The van der Waals surface area contributed by atoms with Gasteiger partial charge < -0.3 is 10.1 Å². The zero-order chi connectivity index (χ0) is 16.7. The lowest BCUT2D eigenvalue weighted by atomic mass is 9.98. The highest BCUT2D eigenvalue weighted by Crippen LogP contribution is 2.20. The largest absolute Gasteiger partial charge is 0.482 e. The molecule has 1 fully saturated rings. The molecule has 0 atom stereocenters. The molecule has 1 aromatic carbocycles. The van der Waals surface area contributed by atoms with Crippen LogP contribution in [-0.4, -0.2) is 42.6 Å². The predicted octanol–water partition coefficient (Wildman–Crippen LogP) is 2.32. The molecule has 1 aliphatic rings. The van der Waals surface area contributed by atoms with Gasteiger partial charge in [-0.3, -0.25) is 9.69 Å². The summed E-state index contributed by atoms with van der Waals surface area (Å²) in [6.07, 6.45) is 3.75. The number of para-hydroxylation sites is 1. The molecule has 0 unspecified atom stereocenters. The Bertz CT molecular complexity index is 572. The normalized spacial score (nSPS) is 15.7. The summed E-state index contributed by atoms with van der Waals surface area (Å²) in [6.45, 7) is 7.02. The Morgan fingerprint density at radius 2 is 2.00 bits per heavy atom. The van der Waals surface area contributed by atoms with E-state index in [2.05, 4.69) is 30.1 Å². The van der Waals surface area contributed by atoms with Crippen molar-refractivity contribution < 1.29 is 9.53 Å². The van der Waals surface area contributed by atoms with Gasteiger partial charge in [-0.15, -0.1) is 0 Å². The Morgan fingerprint density at radius 1 is 1.30 bits per heavy atom. The molecule has 1 N–H and O–H groups in total. The fraction of sp³-hybridized carbons (Fsp3) is 0.556. The molecule has 1 aromatic rings. The van der Waals surface area contributed by atoms with Gasteiger partial charge in [0.2, 0.25) is 0 Å². The van der Waals surface area contributed by atoms with Crippen LogP contribution in [0.2, 0.25) is 0 Å². The first-order valence-corrected chi connectivity index (χ1v) is 8.16. The van der Waals surface area contributed by atoms with Gasteiger partial charge in [0.25, 0.3) is 5.91 Å². The van der Waals surface area contributed by atoms with Crippen molar-refractivity contribution in [1.29, 1.82) is 5.26 Å². The second kappa shape index (κ2) is 7.98. The molecule has 0 spiro atoms. The average molecular weight is 315 g/mol. The number of amides is 1. The van der Waals surface area contributed by atoms with Crippen molar-refractivity contribution in [3.63, 3.8) is 0 Å². The molecule has 5 nitrogen and oxygen atoms in total. The molecule has 1 saturated heterocycles. The second-order valence-electron chi connectivity index (χ2n) is 6.53. The monoisotopic (exact) mass is 315 g/mol. The summed E-state index contributed by atoms with van der Waals surface area (Å²) in [5, 5.41) is 11.9. The van der Waals surface area contributed by atoms with Crippen molar-refractivity contribution >= 4 is 5.91 Å². The molecule has 0 aliphatic carbocycles. The topological polar surface area (TPSA) is 65.4 Å². The zero-order valence-electron chi connectivity index (χ0n) is 14.0. The van der Waals surface area contributed by atoms with Crippen LogP contribution in [0.15, 0.2) is 24.3 Å². The first kappa shape index (κ1) is 17.3. The minimum Gasteiger partial charge on any atom is -0.482 e. The van der Waals surface area contributed by atoms with Gasteiger partial charge in [-0.2, -0.15) is 5.26 Å². The van der Waals surface area contributed by atoms with E-state index in [0.29, 0.717) is 17.9 Å². The van der Waals surface area contributed by atoms with Gasteiger partial charge in [-0.1, -0.05) is 18.6 Å². The Labute approximate surface area is 138 Å². The lowest BCUT2D eigenvalue weighted by molar-refractivity contribution is -0.123. The smallest absolute Gasteiger partial charge is 0.258 e. The zero-order valence-corrected chi connectivity index (χ0v) is 14.0. The molecule has 2 rings (SSSR count). The number of nitrogens with zero attached hydrogens (tertiary/aromatic N) is 2. The van der Waals surface area contributed by atoms with Crippen LogP contribution in [0.3, 0.4) is 0 Å². The molecule has 0 radical (unpaired) electrons. The van der Waals surface area contributed by atoms with Crippen molar-refractivity contribution in [2.75, 3.05) is 26.2 Å². The van der Waals surface area contributed by atoms with Crippen molar-refractivity contribution in [2.45, 2.75) is 38.6 Å². The average Bonchev–Trinajstić information content (AvgIpc) is 2.59. The minimum absolute atomic E-state index is 0.0549. The third-order valence-corrected chi connectivity index (χ3v) is 4.30. The molecule has 0 bridgehead atoms. The number of rotatable bonds is 6. The van der Waals surface area contributed by atoms with Gasteiger partial charge in [0.15, 0.2) is 6.61 Å². The molecule has 0 aromatic heterocycles. The van der Waals surface area contributed by atoms with Crippen LogP contribution in [0.5, 0.6) is 5.75 Å². The number of piperidine rings is 1. The molecule has 0 saturated carbocycles. The SMILES string of the molecule is CC(C)(CNC(=O)COc1ccccc1C#N)N1CCCCC1. The summed E-state index contributed by atoms with van der Waals surface area (Å²) in [4.78, 5) is 14.4. The van der Waals surface area contributed by atoms with E-state index < -0.39 is 0 Å². The van der Waals surface area contributed by atoms with Gasteiger partial charge >= 0.3 is 0 Å². The van der Waals surface area contributed by atoms with Crippen LogP contribution in [0, 0.1) is 11.3 Å². The second-order valence-corrected chi connectivity index (χ2v) is 6.53. The number of carbonyl (C=O) groups excluding carboxylic acids is 1. The van der Waals surface area contributed by atoms with Crippen LogP contribution >= 0.6 is 0 Å². The molecule has 5 heteroatoms. The number of hydrogen-bond acceptors (Lipinski definition) is 4. The van der Waals surface area contributed by atoms with E-state index in [-0.39, 0.29) is 18.1 Å². The Morgan fingerprint density at radius 3 is 2.70 bits per heavy atom. The van der Waals surface area contributed by atoms with E-state index in [0.717, 1.165) is 13.1 Å². The number of likely N-dealkylation sites (tertiary alicyclic amines) is 1. The lowest BCUT2D eigenvalue weighted by Gasteiger charge is -2.41. The number of nitriles is 1. The molecule has 1 heterocycles. The molecule has 1 amide bonds. The number of nitrogens with one attached hydrogen (secondary N) is 1. The highest BCUT2D eigenvalue weighted by atomic mass is 16.5. The van der Waals surface area contributed by atoms with Gasteiger partial charge in [-0.05, 0) is 51.9 Å². The summed E-state index contributed by atoms with van der Waals surface area (Å²) in [6, 6.07) is 8.98. The van der Waals surface area contributed by atoms with E-state index in [1.807, 2.05) is 0 Å². The Kier molecular flexibility index (Phi) is 6.00. The Hall–Kier alpha value is -2.06. The van der Waals surface area contributed by atoms with Crippen molar-refractivity contribution in [3.8, 4) is 11.8 Å². The van der Waals surface area contributed by atoms with Crippen LogP contribution in [0.4, 0.5) is 0 Å². The third-order valence-electron chi connectivity index (χ3n) is 4.30. The molecule has 1 aliphatic heterocycles. The predicted molar refractivity (Wildman–Crippen MR) is 89.2 cm³/mol. The highest BCUT2D eigenvalue weighted by Gasteiger charge is 2.28. The summed E-state index contributed by atoms with van der Waals surface area (Å²) in [5.41, 5.74) is 0.384. The van der Waals surface area contributed by atoms with Crippen molar-refractivity contribution in [2.24, 2.45) is 0 Å².